The minimum Gasteiger partial charge on any atom is -0.376 e. The maximum absolute atomic E-state index is 12.6. The highest BCUT2D eigenvalue weighted by atomic mass is 32.1. The Balaban J connectivity index is 1.54. The fraction of sp³-hybridized carbons (Fsp3) is 0.579. The van der Waals surface area contributed by atoms with Gasteiger partial charge in [-0.1, -0.05) is 6.92 Å². The lowest BCUT2D eigenvalue weighted by Crippen LogP contribution is -2.32. The summed E-state index contributed by atoms with van der Waals surface area (Å²) in [7, 11) is 0. The lowest BCUT2D eigenvalue weighted by Gasteiger charge is -2.17. The maximum Gasteiger partial charge on any atom is 0.291 e. The van der Waals surface area contributed by atoms with E-state index in [2.05, 4.69) is 22.3 Å². The van der Waals surface area contributed by atoms with Gasteiger partial charge in [-0.2, -0.15) is 4.52 Å². The quantitative estimate of drug-likeness (QED) is 0.750. The zero-order valence-corrected chi connectivity index (χ0v) is 16.4. The van der Waals surface area contributed by atoms with Crippen molar-refractivity contribution in [1.29, 1.82) is 0 Å². The minimum atomic E-state index is -0.251. The second-order valence-electron chi connectivity index (χ2n) is 7.71. The summed E-state index contributed by atoms with van der Waals surface area (Å²) in [5.74, 6) is 1.37. The summed E-state index contributed by atoms with van der Waals surface area (Å²) in [6.07, 6.45) is 5.51. The number of rotatable bonds is 3. The third-order valence-electron chi connectivity index (χ3n) is 5.61. The van der Waals surface area contributed by atoms with Crippen molar-refractivity contribution in [1.82, 2.24) is 24.9 Å². The van der Waals surface area contributed by atoms with E-state index < -0.39 is 0 Å². The van der Waals surface area contributed by atoms with Crippen LogP contribution in [-0.4, -0.2) is 44.7 Å². The van der Waals surface area contributed by atoms with Crippen LogP contribution in [0, 0.1) is 12.8 Å². The monoisotopic (exact) mass is 385 g/mol. The molecule has 27 heavy (non-hydrogen) atoms. The predicted octanol–water partition coefficient (Wildman–Crippen LogP) is 2.68. The standard InChI is InChI=1S/C19H23N5O2S/c1-10-5-6-14-13(8-10)15-17-22-16(18(25)20-9-12-4-3-7-26-12)23-24(17)11(2)21-19(15)27-14/h10,12H,3-9H2,1-2H3,(H,20,25)/t10-,12-/m1/s1. The number of aromatic nitrogens is 4. The molecule has 1 fully saturated rings. The van der Waals surface area contributed by atoms with Gasteiger partial charge in [0, 0.05) is 18.0 Å². The summed E-state index contributed by atoms with van der Waals surface area (Å²) < 4.78 is 7.29. The van der Waals surface area contributed by atoms with Crippen LogP contribution in [0.3, 0.4) is 0 Å². The van der Waals surface area contributed by atoms with Crippen LogP contribution in [-0.2, 0) is 17.6 Å². The molecule has 0 spiro atoms. The molecule has 2 atom stereocenters. The molecule has 1 aliphatic carbocycles. The van der Waals surface area contributed by atoms with Crippen molar-refractivity contribution in [3.8, 4) is 0 Å². The van der Waals surface area contributed by atoms with Gasteiger partial charge in [0.2, 0.25) is 5.82 Å². The average Bonchev–Trinajstić information content (AvgIpc) is 3.37. The average molecular weight is 385 g/mol. The van der Waals surface area contributed by atoms with E-state index in [1.165, 1.54) is 16.9 Å². The van der Waals surface area contributed by atoms with Crippen molar-refractivity contribution < 1.29 is 9.53 Å². The highest BCUT2D eigenvalue weighted by Crippen LogP contribution is 2.38. The van der Waals surface area contributed by atoms with E-state index in [9.17, 15) is 4.79 Å². The SMILES string of the molecule is Cc1nc2sc3c(c2c2nc(C(=O)NC[C@H]4CCCO4)nn12)C[C@H](C)CC3. The number of nitrogens with one attached hydrogen (secondary N) is 1. The normalized spacial score (nSPS) is 22.4. The summed E-state index contributed by atoms with van der Waals surface area (Å²) in [6.45, 7) is 5.49. The molecular weight excluding hydrogens is 362 g/mol. The molecule has 8 heteroatoms. The number of fused-ring (bicyclic) bond motifs is 5. The van der Waals surface area contributed by atoms with Gasteiger partial charge in [-0.15, -0.1) is 16.4 Å². The van der Waals surface area contributed by atoms with Gasteiger partial charge in [-0.3, -0.25) is 4.79 Å². The van der Waals surface area contributed by atoms with E-state index in [0.29, 0.717) is 12.5 Å². The number of nitrogens with zero attached hydrogens (tertiary/aromatic N) is 4. The van der Waals surface area contributed by atoms with Crippen LogP contribution in [0.2, 0.25) is 0 Å². The number of amides is 1. The van der Waals surface area contributed by atoms with E-state index in [0.717, 1.165) is 54.0 Å². The van der Waals surface area contributed by atoms with E-state index >= 15 is 0 Å². The summed E-state index contributed by atoms with van der Waals surface area (Å²) >= 11 is 1.77. The molecule has 0 aromatic carbocycles. The van der Waals surface area contributed by atoms with Crippen LogP contribution in [0.25, 0.3) is 15.9 Å². The third kappa shape index (κ3) is 2.91. The molecule has 3 aromatic rings. The van der Waals surface area contributed by atoms with Gasteiger partial charge >= 0.3 is 0 Å². The fourth-order valence-corrected chi connectivity index (χ4v) is 5.39. The molecule has 7 nitrogen and oxygen atoms in total. The second kappa shape index (κ2) is 6.53. The van der Waals surface area contributed by atoms with Gasteiger partial charge < -0.3 is 10.1 Å². The first-order chi connectivity index (χ1) is 13.1. The Morgan fingerprint density at radius 2 is 2.26 bits per heavy atom. The zero-order valence-electron chi connectivity index (χ0n) is 15.6. The Morgan fingerprint density at radius 1 is 1.37 bits per heavy atom. The van der Waals surface area contributed by atoms with Gasteiger partial charge in [0.05, 0.1) is 11.5 Å². The summed E-state index contributed by atoms with van der Waals surface area (Å²) in [4.78, 5) is 24.4. The first-order valence-corrected chi connectivity index (χ1v) is 10.5. The first-order valence-electron chi connectivity index (χ1n) is 9.67. The van der Waals surface area contributed by atoms with E-state index in [1.807, 2.05) is 6.92 Å². The third-order valence-corrected chi connectivity index (χ3v) is 6.79. The molecule has 0 unspecified atom stereocenters. The van der Waals surface area contributed by atoms with Crippen molar-refractivity contribution >= 4 is 33.1 Å². The molecule has 1 amide bonds. The molecule has 2 aliphatic rings. The van der Waals surface area contributed by atoms with Crippen molar-refractivity contribution in [2.75, 3.05) is 13.2 Å². The molecular formula is C19H23N5O2S. The molecule has 0 bridgehead atoms. The Bertz CT molecular complexity index is 1030. The van der Waals surface area contributed by atoms with Crippen LogP contribution in [0.1, 0.15) is 53.1 Å². The molecule has 4 heterocycles. The minimum absolute atomic E-state index is 0.103. The number of carbonyl (C=O) groups excluding carboxylic acids is 1. The number of aryl methyl sites for hydroxylation is 2. The first kappa shape index (κ1) is 17.1. The van der Waals surface area contributed by atoms with Crippen molar-refractivity contribution in [3.63, 3.8) is 0 Å². The molecule has 0 radical (unpaired) electrons. The van der Waals surface area contributed by atoms with Crippen molar-refractivity contribution in [2.45, 2.75) is 52.1 Å². The lowest BCUT2D eigenvalue weighted by molar-refractivity contribution is 0.0849. The number of hydrogen-bond acceptors (Lipinski definition) is 6. The summed E-state index contributed by atoms with van der Waals surface area (Å²) in [6, 6.07) is 0. The predicted molar refractivity (Wildman–Crippen MR) is 103 cm³/mol. The topological polar surface area (TPSA) is 81.4 Å². The van der Waals surface area contributed by atoms with Crippen LogP contribution in [0.5, 0.6) is 0 Å². The molecule has 1 saturated heterocycles. The molecule has 142 valence electrons. The largest absolute Gasteiger partial charge is 0.376 e. The summed E-state index contributed by atoms with van der Waals surface area (Å²) in [5, 5.41) is 8.44. The Labute approximate surface area is 161 Å². The molecule has 1 aliphatic heterocycles. The summed E-state index contributed by atoms with van der Waals surface area (Å²) in [5.41, 5.74) is 2.11. The molecule has 5 rings (SSSR count). The van der Waals surface area contributed by atoms with Gasteiger partial charge in [-0.25, -0.2) is 9.97 Å². The zero-order chi connectivity index (χ0) is 18.5. The number of hydrogen-bond donors (Lipinski definition) is 1. The van der Waals surface area contributed by atoms with E-state index in [1.54, 1.807) is 15.9 Å². The fourth-order valence-electron chi connectivity index (χ4n) is 4.13. The van der Waals surface area contributed by atoms with Crippen LogP contribution >= 0.6 is 11.3 Å². The molecule has 3 aromatic heterocycles. The van der Waals surface area contributed by atoms with Crippen LogP contribution in [0.4, 0.5) is 0 Å². The Hall–Kier alpha value is -2.06. The second-order valence-corrected chi connectivity index (χ2v) is 8.79. The highest BCUT2D eigenvalue weighted by molar-refractivity contribution is 7.19. The van der Waals surface area contributed by atoms with Gasteiger partial charge in [0.25, 0.3) is 5.91 Å². The van der Waals surface area contributed by atoms with Crippen molar-refractivity contribution in [2.24, 2.45) is 5.92 Å². The van der Waals surface area contributed by atoms with Crippen LogP contribution < -0.4 is 5.32 Å². The van der Waals surface area contributed by atoms with Gasteiger partial charge in [0.1, 0.15) is 10.7 Å². The van der Waals surface area contributed by atoms with Crippen molar-refractivity contribution in [3.05, 3.63) is 22.1 Å². The molecule has 1 N–H and O–H groups in total. The maximum atomic E-state index is 12.6. The van der Waals surface area contributed by atoms with Gasteiger partial charge in [-0.05, 0) is 50.5 Å². The molecule has 0 saturated carbocycles. The Kier molecular flexibility index (Phi) is 4.12. The Morgan fingerprint density at radius 3 is 3.07 bits per heavy atom. The lowest BCUT2D eigenvalue weighted by atomic mass is 9.89. The number of thiophene rings is 1. The van der Waals surface area contributed by atoms with E-state index in [4.69, 9.17) is 9.72 Å². The number of carbonyl (C=O) groups is 1. The van der Waals surface area contributed by atoms with E-state index in [-0.39, 0.29) is 17.8 Å². The highest BCUT2D eigenvalue weighted by Gasteiger charge is 2.26. The van der Waals surface area contributed by atoms with Gasteiger partial charge in [0.15, 0.2) is 5.65 Å². The number of ether oxygens (including phenoxy) is 1. The smallest absolute Gasteiger partial charge is 0.291 e. The van der Waals surface area contributed by atoms with Crippen LogP contribution in [0.15, 0.2) is 0 Å².